The molecule has 46 heavy (non-hydrogen) atoms. The Morgan fingerprint density at radius 1 is 0.891 bits per heavy atom. The third-order valence-electron chi connectivity index (χ3n) is 15.5. The number of carboxylic acids is 1. The van der Waals surface area contributed by atoms with E-state index in [1.807, 2.05) is 0 Å². The fourth-order valence-electron chi connectivity index (χ4n) is 12.2. The second kappa shape index (κ2) is 11.2. The Kier molecular flexibility index (Phi) is 8.46. The second-order valence-electron chi connectivity index (χ2n) is 17.7. The van der Waals surface area contributed by atoms with Gasteiger partial charge < -0.3 is 45.2 Å². The fraction of sp³-hybridized carbons (Fsp3) is 0.917. The Bertz CT molecular complexity index is 1240. The van der Waals surface area contributed by atoms with Crippen LogP contribution in [0.4, 0.5) is 0 Å². The largest absolute Gasteiger partial charge is 0.481 e. The van der Waals surface area contributed by atoms with E-state index in [4.69, 9.17) is 9.47 Å². The van der Waals surface area contributed by atoms with Crippen LogP contribution in [-0.4, -0.2) is 97.8 Å². The molecule has 15 unspecified atom stereocenters. The van der Waals surface area contributed by atoms with E-state index < -0.39 is 66.3 Å². The highest BCUT2D eigenvalue weighted by atomic mass is 16.7. The summed E-state index contributed by atoms with van der Waals surface area (Å²) in [6, 6.07) is 0. The Hall–Kier alpha value is -1.11. The van der Waals surface area contributed by atoms with Crippen molar-refractivity contribution in [2.45, 2.75) is 142 Å². The number of hydrogen-bond acceptors (Lipinski definition) is 9. The molecular weight excluding hydrogens is 592 g/mol. The summed E-state index contributed by atoms with van der Waals surface area (Å²) in [7, 11) is 0. The zero-order valence-electron chi connectivity index (χ0n) is 28.5. The highest BCUT2D eigenvalue weighted by molar-refractivity contribution is 5.77. The summed E-state index contributed by atoms with van der Waals surface area (Å²) in [4.78, 5) is 13.0. The van der Waals surface area contributed by atoms with Crippen LogP contribution in [-0.2, 0) is 14.3 Å². The number of aliphatic hydroxyl groups is 6. The van der Waals surface area contributed by atoms with Crippen LogP contribution < -0.4 is 0 Å². The molecule has 1 saturated heterocycles. The average Bonchev–Trinajstić information content (AvgIpc) is 2.99. The molecule has 15 atom stereocenters. The number of carbonyl (C=O) groups is 1. The van der Waals surface area contributed by atoms with Crippen molar-refractivity contribution < 1.29 is 50.0 Å². The van der Waals surface area contributed by atoms with E-state index in [0.29, 0.717) is 25.2 Å². The summed E-state index contributed by atoms with van der Waals surface area (Å²) in [5, 5.41) is 73.8. The summed E-state index contributed by atoms with van der Waals surface area (Å²) in [6.07, 6.45) is 0.758. The minimum absolute atomic E-state index is 0.0888. The van der Waals surface area contributed by atoms with Crippen molar-refractivity contribution in [3.63, 3.8) is 0 Å². The number of ether oxygens (including phenoxy) is 2. The molecule has 6 aliphatic rings. The van der Waals surface area contributed by atoms with E-state index in [1.54, 1.807) is 0 Å². The molecule has 1 aliphatic heterocycles. The summed E-state index contributed by atoms with van der Waals surface area (Å²) in [6.45, 7) is 12.7. The zero-order chi connectivity index (χ0) is 33.8. The minimum atomic E-state index is -1.53. The molecule has 6 rings (SSSR count). The molecular formula is C36H58O10. The zero-order valence-corrected chi connectivity index (χ0v) is 28.5. The predicted octanol–water partition coefficient (Wildman–Crippen LogP) is 3.00. The SMILES string of the molecule is CC1(C)CC2C3=CCC4C5(C)CCC(OC6OC(CO)C(O)C(O)C6O)C(C)(CO)C5CCC4(C)C3(C)CCC2(C(=O)O)CC1O. The van der Waals surface area contributed by atoms with Crippen molar-refractivity contribution in [1.82, 2.24) is 0 Å². The Morgan fingerprint density at radius 3 is 2.22 bits per heavy atom. The average molecular weight is 651 g/mol. The molecule has 262 valence electrons. The second-order valence-corrected chi connectivity index (χ2v) is 17.7. The summed E-state index contributed by atoms with van der Waals surface area (Å²) in [5.74, 6) is -0.507. The van der Waals surface area contributed by atoms with Gasteiger partial charge in [0.1, 0.15) is 24.4 Å². The third kappa shape index (κ3) is 4.53. The quantitative estimate of drug-likeness (QED) is 0.173. The van der Waals surface area contributed by atoms with E-state index in [0.717, 1.165) is 32.1 Å². The lowest BCUT2D eigenvalue weighted by Gasteiger charge is -2.71. The molecule has 0 amide bonds. The Morgan fingerprint density at radius 2 is 1.59 bits per heavy atom. The van der Waals surface area contributed by atoms with Crippen LogP contribution in [0.15, 0.2) is 11.6 Å². The first-order chi connectivity index (χ1) is 21.4. The van der Waals surface area contributed by atoms with Crippen molar-refractivity contribution in [2.75, 3.05) is 13.2 Å². The molecule has 0 bridgehead atoms. The highest BCUT2D eigenvalue weighted by Gasteiger charge is 2.70. The molecule has 0 radical (unpaired) electrons. The standard InChI is InChI=1S/C36H58O10/c1-31(2)15-20-19-7-8-23-32(3)11-10-25(46-29-28(42)27(41)26(40)21(17-37)45-29)33(4,18-38)22(32)9-12-35(23,6)34(19,5)13-14-36(20,30(43)44)16-24(31)39/h7,20-29,37-42H,8-18H2,1-6H3,(H,43,44). The van der Waals surface area contributed by atoms with Gasteiger partial charge in [-0.3, -0.25) is 4.79 Å². The van der Waals surface area contributed by atoms with Crippen LogP contribution >= 0.6 is 0 Å². The number of fused-ring (bicyclic) bond motifs is 7. The first-order valence-electron chi connectivity index (χ1n) is 17.5. The van der Waals surface area contributed by atoms with Gasteiger partial charge in [-0.15, -0.1) is 0 Å². The van der Waals surface area contributed by atoms with Crippen LogP contribution in [0.25, 0.3) is 0 Å². The van der Waals surface area contributed by atoms with Crippen molar-refractivity contribution in [1.29, 1.82) is 0 Å². The lowest BCUT2D eigenvalue weighted by Crippen LogP contribution is -2.67. The van der Waals surface area contributed by atoms with E-state index in [-0.39, 0.29) is 46.5 Å². The van der Waals surface area contributed by atoms with E-state index in [2.05, 4.69) is 47.6 Å². The molecule has 5 fully saturated rings. The monoisotopic (exact) mass is 650 g/mol. The number of aliphatic carboxylic acids is 1. The van der Waals surface area contributed by atoms with Gasteiger partial charge in [-0.2, -0.15) is 0 Å². The van der Waals surface area contributed by atoms with E-state index in [1.165, 1.54) is 5.57 Å². The number of rotatable bonds is 5. The van der Waals surface area contributed by atoms with Gasteiger partial charge in [-0.1, -0.05) is 53.2 Å². The van der Waals surface area contributed by atoms with E-state index in [9.17, 15) is 40.5 Å². The molecule has 7 N–H and O–H groups in total. The van der Waals surface area contributed by atoms with Crippen LogP contribution in [0.2, 0.25) is 0 Å². The first-order valence-corrected chi connectivity index (χ1v) is 17.5. The summed E-state index contributed by atoms with van der Waals surface area (Å²) in [5.41, 5.74) is -1.13. The summed E-state index contributed by atoms with van der Waals surface area (Å²) < 4.78 is 12.1. The van der Waals surface area contributed by atoms with Crippen molar-refractivity contribution in [3.05, 3.63) is 11.6 Å². The Balaban J connectivity index is 1.32. The van der Waals surface area contributed by atoms with Crippen LogP contribution in [0.3, 0.4) is 0 Å². The van der Waals surface area contributed by atoms with E-state index >= 15 is 0 Å². The molecule has 4 saturated carbocycles. The van der Waals surface area contributed by atoms with Gasteiger partial charge in [-0.25, -0.2) is 0 Å². The highest BCUT2D eigenvalue weighted by Crippen LogP contribution is 2.76. The smallest absolute Gasteiger partial charge is 0.310 e. The number of carboxylic acid groups (broad SMARTS) is 1. The van der Waals surface area contributed by atoms with Crippen molar-refractivity contribution in [3.8, 4) is 0 Å². The number of aliphatic hydroxyl groups excluding tert-OH is 6. The maximum atomic E-state index is 13.0. The van der Waals surface area contributed by atoms with Crippen LogP contribution in [0.5, 0.6) is 0 Å². The summed E-state index contributed by atoms with van der Waals surface area (Å²) >= 11 is 0. The topological polar surface area (TPSA) is 177 Å². The fourth-order valence-corrected chi connectivity index (χ4v) is 12.2. The van der Waals surface area contributed by atoms with Gasteiger partial charge in [0.05, 0.1) is 30.8 Å². The van der Waals surface area contributed by atoms with Gasteiger partial charge in [0, 0.05) is 5.41 Å². The number of hydrogen-bond donors (Lipinski definition) is 7. The lowest BCUT2D eigenvalue weighted by atomic mass is 9.33. The predicted molar refractivity (Wildman–Crippen MR) is 168 cm³/mol. The molecule has 1 heterocycles. The van der Waals surface area contributed by atoms with Gasteiger partial charge in [0.15, 0.2) is 6.29 Å². The van der Waals surface area contributed by atoms with Gasteiger partial charge in [0.2, 0.25) is 0 Å². The molecule has 10 heteroatoms. The molecule has 0 aromatic carbocycles. The van der Waals surface area contributed by atoms with Crippen molar-refractivity contribution >= 4 is 5.97 Å². The number of allylic oxidation sites excluding steroid dienone is 2. The molecule has 0 aromatic rings. The maximum absolute atomic E-state index is 13.0. The van der Waals surface area contributed by atoms with Gasteiger partial charge >= 0.3 is 5.97 Å². The first kappa shape index (κ1) is 34.7. The van der Waals surface area contributed by atoms with Gasteiger partial charge in [0.25, 0.3) is 0 Å². The third-order valence-corrected chi connectivity index (χ3v) is 15.5. The normalized spacial score (nSPS) is 54.8. The molecule has 5 aliphatic carbocycles. The van der Waals surface area contributed by atoms with Crippen molar-refractivity contribution in [2.24, 2.45) is 50.2 Å². The Labute approximate surface area is 273 Å². The minimum Gasteiger partial charge on any atom is -0.481 e. The molecule has 0 spiro atoms. The maximum Gasteiger partial charge on any atom is 0.310 e. The molecule has 0 aromatic heterocycles. The lowest BCUT2D eigenvalue weighted by molar-refractivity contribution is -0.333. The van der Waals surface area contributed by atoms with Crippen LogP contribution in [0, 0.1) is 50.2 Å². The molecule has 10 nitrogen and oxygen atoms in total. The van der Waals surface area contributed by atoms with Crippen LogP contribution in [0.1, 0.15) is 99.3 Å². The van der Waals surface area contributed by atoms with Gasteiger partial charge in [-0.05, 0) is 97.2 Å².